The summed E-state index contributed by atoms with van der Waals surface area (Å²) in [6.45, 7) is 5.52. The van der Waals surface area contributed by atoms with E-state index in [1.807, 2.05) is 12.2 Å². The van der Waals surface area contributed by atoms with Gasteiger partial charge in [-0.1, -0.05) is 20.3 Å². The van der Waals surface area contributed by atoms with Gasteiger partial charge in [0.25, 0.3) is 0 Å². The van der Waals surface area contributed by atoms with Gasteiger partial charge in [-0.15, -0.1) is 0 Å². The molecule has 19 heavy (non-hydrogen) atoms. The Kier molecular flexibility index (Phi) is 8.32. The number of carboxylic acids is 1. The number of amides is 1. The largest absolute Gasteiger partial charge is 0.479 e. The molecule has 1 amide bonds. The molecular weight excluding hydrogens is 254 g/mol. The molecule has 0 aromatic rings. The van der Waals surface area contributed by atoms with E-state index in [0.29, 0.717) is 12.8 Å². The highest BCUT2D eigenvalue weighted by Gasteiger charge is 2.31. The molecule has 7 heteroatoms. The number of ether oxygens (including phenoxy) is 2. The van der Waals surface area contributed by atoms with Crippen LogP contribution in [-0.2, 0) is 19.1 Å². The monoisotopic (exact) mass is 275 g/mol. The van der Waals surface area contributed by atoms with Crippen molar-refractivity contribution in [3.05, 3.63) is 0 Å². The van der Waals surface area contributed by atoms with E-state index in [-0.39, 0.29) is 6.61 Å². The normalized spacial score (nSPS) is 13.2. The topological polar surface area (TPSA) is 102 Å². The predicted molar refractivity (Wildman–Crippen MR) is 66.7 cm³/mol. The average molecular weight is 275 g/mol. The lowest BCUT2D eigenvalue weighted by Gasteiger charge is -2.16. The van der Waals surface area contributed by atoms with Crippen molar-refractivity contribution in [2.24, 2.45) is 0 Å². The van der Waals surface area contributed by atoms with E-state index in [1.165, 1.54) is 0 Å². The van der Waals surface area contributed by atoms with Gasteiger partial charge in [-0.25, -0.2) is 14.4 Å². The summed E-state index contributed by atoms with van der Waals surface area (Å²) < 4.78 is 9.58. The third-order valence-electron chi connectivity index (χ3n) is 2.37. The van der Waals surface area contributed by atoms with Gasteiger partial charge >= 0.3 is 18.0 Å². The summed E-state index contributed by atoms with van der Waals surface area (Å²) in [5.41, 5.74) is 0. The zero-order valence-electron chi connectivity index (χ0n) is 11.5. The van der Waals surface area contributed by atoms with Crippen LogP contribution in [0.2, 0.25) is 0 Å². The van der Waals surface area contributed by atoms with Gasteiger partial charge in [-0.05, 0) is 19.8 Å². The Balaban J connectivity index is 4.36. The quantitative estimate of drug-likeness (QED) is 0.393. The van der Waals surface area contributed by atoms with Crippen LogP contribution in [0.5, 0.6) is 0 Å². The number of carboxylic acid groups (broad SMARTS) is 1. The molecule has 7 nitrogen and oxygen atoms in total. The van der Waals surface area contributed by atoms with Crippen molar-refractivity contribution in [3.63, 3.8) is 0 Å². The van der Waals surface area contributed by atoms with Gasteiger partial charge in [0.15, 0.2) is 0 Å². The van der Waals surface area contributed by atoms with Gasteiger partial charge in [-0.2, -0.15) is 0 Å². The molecule has 0 rings (SSSR count). The van der Waals surface area contributed by atoms with Gasteiger partial charge in [0.1, 0.15) is 0 Å². The highest BCUT2D eigenvalue weighted by molar-refractivity contribution is 6.00. The third-order valence-corrected chi connectivity index (χ3v) is 2.37. The maximum atomic E-state index is 11.5. The number of esters is 1. The molecule has 0 radical (unpaired) electrons. The van der Waals surface area contributed by atoms with Gasteiger partial charge < -0.3 is 14.6 Å². The number of alkyl carbamates (subject to hydrolysis) is 1. The Hall–Kier alpha value is -1.79. The molecule has 2 N–H and O–H groups in total. The van der Waals surface area contributed by atoms with Crippen LogP contribution >= 0.6 is 0 Å². The highest BCUT2D eigenvalue weighted by Crippen LogP contribution is 2.00. The number of aliphatic carboxylic acids is 1. The van der Waals surface area contributed by atoms with Gasteiger partial charge in [-0.3, -0.25) is 5.32 Å². The zero-order chi connectivity index (χ0) is 14.8. The van der Waals surface area contributed by atoms with Crippen molar-refractivity contribution >= 4 is 18.0 Å². The number of hydrogen-bond acceptors (Lipinski definition) is 5. The fourth-order valence-corrected chi connectivity index (χ4v) is 1.04. The molecule has 2 unspecified atom stereocenters. The number of unbranched alkanes of at least 4 members (excludes halogenated alkanes) is 1. The molecule has 110 valence electrons. The fraction of sp³-hybridized carbons (Fsp3) is 0.750. The van der Waals surface area contributed by atoms with Gasteiger partial charge in [0.2, 0.25) is 6.04 Å². The van der Waals surface area contributed by atoms with E-state index in [2.05, 4.69) is 0 Å². The van der Waals surface area contributed by atoms with Crippen LogP contribution in [0.15, 0.2) is 0 Å². The minimum absolute atomic E-state index is 0.176. The molecule has 0 aromatic carbocycles. The lowest BCUT2D eigenvalue weighted by atomic mass is 10.3. The molecule has 0 aliphatic heterocycles. The van der Waals surface area contributed by atoms with E-state index < -0.39 is 30.2 Å². The van der Waals surface area contributed by atoms with E-state index in [1.54, 1.807) is 13.8 Å². The summed E-state index contributed by atoms with van der Waals surface area (Å²) in [5, 5.41) is 10.8. The zero-order valence-corrected chi connectivity index (χ0v) is 11.5. The molecule has 0 aliphatic carbocycles. The summed E-state index contributed by atoms with van der Waals surface area (Å²) in [6.07, 6.45) is 0.710. The number of carbonyl (C=O) groups is 3. The average Bonchev–Trinajstić information content (AvgIpc) is 2.35. The number of nitrogens with one attached hydrogen (secondary N) is 1. The van der Waals surface area contributed by atoms with Crippen LogP contribution in [0.1, 0.15) is 40.0 Å². The van der Waals surface area contributed by atoms with Crippen LogP contribution < -0.4 is 5.32 Å². The first-order valence-electron chi connectivity index (χ1n) is 6.28. The Bertz CT molecular complexity index is 317. The van der Waals surface area contributed by atoms with Crippen molar-refractivity contribution in [2.45, 2.75) is 52.2 Å². The molecule has 0 saturated carbocycles. The van der Waals surface area contributed by atoms with Crippen LogP contribution in [-0.4, -0.2) is 41.9 Å². The minimum atomic E-state index is -1.75. The second-order valence-corrected chi connectivity index (χ2v) is 4.06. The second kappa shape index (κ2) is 9.18. The molecule has 0 heterocycles. The Morgan fingerprint density at radius 2 is 1.89 bits per heavy atom. The molecule has 0 fully saturated rings. The lowest BCUT2D eigenvalue weighted by molar-refractivity contribution is -0.158. The van der Waals surface area contributed by atoms with Crippen molar-refractivity contribution in [1.82, 2.24) is 5.32 Å². The van der Waals surface area contributed by atoms with Crippen molar-refractivity contribution in [3.8, 4) is 0 Å². The Labute approximate surface area is 112 Å². The first-order chi connectivity index (χ1) is 8.92. The van der Waals surface area contributed by atoms with Gasteiger partial charge in [0, 0.05) is 0 Å². The fourth-order valence-electron chi connectivity index (χ4n) is 1.04. The smallest absolute Gasteiger partial charge is 0.408 e. The van der Waals surface area contributed by atoms with Crippen molar-refractivity contribution in [2.75, 3.05) is 6.61 Å². The molecule has 2 atom stereocenters. The maximum absolute atomic E-state index is 11.5. The second-order valence-electron chi connectivity index (χ2n) is 4.06. The molecule has 0 aromatic heterocycles. The molecule has 0 saturated heterocycles. The summed E-state index contributed by atoms with van der Waals surface area (Å²) in [4.78, 5) is 33.7. The first-order valence-corrected chi connectivity index (χ1v) is 6.28. The number of carbonyl (C=O) groups excluding carboxylic acids is 2. The molecule has 0 aliphatic rings. The Morgan fingerprint density at radius 1 is 1.26 bits per heavy atom. The summed E-state index contributed by atoms with van der Waals surface area (Å²) in [7, 11) is 0. The van der Waals surface area contributed by atoms with Crippen molar-refractivity contribution < 1.29 is 29.0 Å². The maximum Gasteiger partial charge on any atom is 0.408 e. The van der Waals surface area contributed by atoms with E-state index >= 15 is 0 Å². The standard InChI is InChI=1S/C12H21NO6/c1-4-6-7-18-12(17)13-9(10(14)15)11(16)19-8(3)5-2/h8-9H,4-7H2,1-3H3,(H,13,17)(H,14,15). The Morgan fingerprint density at radius 3 is 2.37 bits per heavy atom. The lowest BCUT2D eigenvalue weighted by Crippen LogP contribution is -2.48. The van der Waals surface area contributed by atoms with E-state index in [4.69, 9.17) is 14.6 Å². The van der Waals surface area contributed by atoms with E-state index in [9.17, 15) is 14.4 Å². The molecule has 0 spiro atoms. The first kappa shape index (κ1) is 17.2. The summed E-state index contributed by atoms with van der Waals surface area (Å²) in [6, 6.07) is -1.75. The van der Waals surface area contributed by atoms with Crippen molar-refractivity contribution in [1.29, 1.82) is 0 Å². The van der Waals surface area contributed by atoms with Crippen LogP contribution in [0.4, 0.5) is 4.79 Å². The third kappa shape index (κ3) is 7.28. The van der Waals surface area contributed by atoms with Crippen LogP contribution in [0, 0.1) is 0 Å². The summed E-state index contributed by atoms with van der Waals surface area (Å²) >= 11 is 0. The van der Waals surface area contributed by atoms with Gasteiger partial charge in [0.05, 0.1) is 12.7 Å². The summed E-state index contributed by atoms with van der Waals surface area (Å²) in [5.74, 6) is -2.49. The SMILES string of the molecule is CCCCOC(=O)NC(C(=O)O)C(=O)OC(C)CC. The van der Waals surface area contributed by atoms with Crippen LogP contribution in [0.25, 0.3) is 0 Å². The molecular formula is C12H21NO6. The minimum Gasteiger partial charge on any atom is -0.479 e. The van der Waals surface area contributed by atoms with E-state index in [0.717, 1.165) is 6.42 Å². The number of rotatable bonds is 8. The predicted octanol–water partition coefficient (Wildman–Crippen LogP) is 1.31. The number of hydrogen-bond donors (Lipinski definition) is 2. The molecule has 0 bridgehead atoms. The highest BCUT2D eigenvalue weighted by atomic mass is 16.6. The van der Waals surface area contributed by atoms with Crippen LogP contribution in [0.3, 0.4) is 0 Å².